The molecule has 14 heavy (non-hydrogen) atoms. The van der Waals surface area contributed by atoms with Crippen LogP contribution in [0.3, 0.4) is 0 Å². The van der Waals surface area contributed by atoms with Crippen molar-refractivity contribution >= 4 is 5.82 Å². The summed E-state index contributed by atoms with van der Waals surface area (Å²) in [5, 5.41) is 0. The Hall–Kier alpha value is -1.32. The van der Waals surface area contributed by atoms with Gasteiger partial charge in [0.25, 0.3) is 5.56 Å². The summed E-state index contributed by atoms with van der Waals surface area (Å²) in [6.07, 6.45) is 0.754. The summed E-state index contributed by atoms with van der Waals surface area (Å²) in [4.78, 5) is 20.4. The van der Waals surface area contributed by atoms with Crippen molar-refractivity contribution in [2.45, 2.75) is 27.2 Å². The Morgan fingerprint density at radius 3 is 2.50 bits per heavy atom. The zero-order valence-electron chi connectivity index (χ0n) is 9.00. The molecule has 0 aromatic carbocycles. The molecule has 4 nitrogen and oxygen atoms in total. The van der Waals surface area contributed by atoms with E-state index in [0.717, 1.165) is 31.2 Å². The molecule has 0 aliphatic heterocycles. The van der Waals surface area contributed by atoms with Gasteiger partial charge in [0.05, 0.1) is 0 Å². The quantitative estimate of drug-likeness (QED) is 0.784. The number of hydrogen-bond donors (Lipinski definition) is 1. The molecule has 0 aliphatic rings. The van der Waals surface area contributed by atoms with Gasteiger partial charge in [-0.05, 0) is 13.8 Å². The van der Waals surface area contributed by atoms with E-state index in [9.17, 15) is 4.79 Å². The van der Waals surface area contributed by atoms with Crippen LogP contribution in [-0.2, 0) is 6.42 Å². The minimum atomic E-state index is -0.0706. The molecule has 0 radical (unpaired) electrons. The lowest BCUT2D eigenvalue weighted by atomic mass is 10.4. The van der Waals surface area contributed by atoms with Crippen LogP contribution in [0.5, 0.6) is 0 Å². The molecular weight excluding hydrogens is 178 g/mol. The van der Waals surface area contributed by atoms with Crippen LogP contribution in [0.2, 0.25) is 0 Å². The van der Waals surface area contributed by atoms with Crippen LogP contribution >= 0.6 is 0 Å². The van der Waals surface area contributed by atoms with E-state index in [2.05, 4.69) is 28.7 Å². The third-order valence-electron chi connectivity index (χ3n) is 2.20. The molecule has 0 unspecified atom stereocenters. The van der Waals surface area contributed by atoms with Crippen LogP contribution in [0.1, 0.15) is 26.6 Å². The third-order valence-corrected chi connectivity index (χ3v) is 2.20. The second-order valence-electron chi connectivity index (χ2n) is 3.08. The highest BCUT2D eigenvalue weighted by Gasteiger charge is 2.05. The minimum absolute atomic E-state index is 0.0706. The van der Waals surface area contributed by atoms with Crippen LogP contribution in [-0.4, -0.2) is 23.1 Å². The second kappa shape index (κ2) is 4.79. The maximum absolute atomic E-state index is 11.3. The lowest BCUT2D eigenvalue weighted by molar-refractivity contribution is 0.817. The summed E-state index contributed by atoms with van der Waals surface area (Å²) in [7, 11) is 0. The first-order chi connectivity index (χ1) is 6.71. The number of aromatic amines is 1. The predicted molar refractivity (Wildman–Crippen MR) is 57.8 cm³/mol. The SMILES string of the molecule is CCc1nc(N(CC)CC)cc(=O)[nH]1. The molecule has 0 amide bonds. The molecule has 0 fully saturated rings. The number of nitrogens with one attached hydrogen (secondary N) is 1. The molecule has 1 heterocycles. The Balaban J connectivity index is 3.07. The monoisotopic (exact) mass is 195 g/mol. The first-order valence-electron chi connectivity index (χ1n) is 5.06. The Bertz CT molecular complexity index is 341. The Labute approximate surface area is 84.0 Å². The summed E-state index contributed by atoms with van der Waals surface area (Å²) in [5.41, 5.74) is -0.0706. The molecule has 78 valence electrons. The average Bonchev–Trinajstić information content (AvgIpc) is 2.19. The van der Waals surface area contributed by atoms with Crippen molar-refractivity contribution in [3.05, 3.63) is 22.2 Å². The summed E-state index contributed by atoms with van der Waals surface area (Å²) >= 11 is 0. The Morgan fingerprint density at radius 1 is 1.36 bits per heavy atom. The summed E-state index contributed by atoms with van der Waals surface area (Å²) < 4.78 is 0. The maximum Gasteiger partial charge on any atom is 0.252 e. The molecule has 0 bridgehead atoms. The predicted octanol–water partition coefficient (Wildman–Crippen LogP) is 1.18. The minimum Gasteiger partial charge on any atom is -0.357 e. The first-order valence-corrected chi connectivity index (χ1v) is 5.06. The first kappa shape index (κ1) is 10.8. The van der Waals surface area contributed by atoms with Crippen molar-refractivity contribution < 1.29 is 0 Å². The van der Waals surface area contributed by atoms with Gasteiger partial charge in [-0.25, -0.2) is 4.98 Å². The van der Waals surface area contributed by atoms with Crippen molar-refractivity contribution in [2.75, 3.05) is 18.0 Å². The maximum atomic E-state index is 11.3. The van der Waals surface area contributed by atoms with E-state index in [-0.39, 0.29) is 5.56 Å². The lowest BCUT2D eigenvalue weighted by Gasteiger charge is -2.19. The highest BCUT2D eigenvalue weighted by Crippen LogP contribution is 2.06. The van der Waals surface area contributed by atoms with Crippen molar-refractivity contribution in [2.24, 2.45) is 0 Å². The zero-order chi connectivity index (χ0) is 10.6. The fourth-order valence-electron chi connectivity index (χ4n) is 1.37. The topological polar surface area (TPSA) is 49.0 Å². The van der Waals surface area contributed by atoms with Crippen molar-refractivity contribution in [1.29, 1.82) is 0 Å². The molecule has 0 spiro atoms. The number of anilines is 1. The van der Waals surface area contributed by atoms with Gasteiger partial charge in [0.1, 0.15) is 11.6 Å². The van der Waals surface area contributed by atoms with Crippen LogP contribution < -0.4 is 10.5 Å². The number of H-pyrrole nitrogens is 1. The number of hydrogen-bond acceptors (Lipinski definition) is 3. The third kappa shape index (κ3) is 2.34. The van der Waals surface area contributed by atoms with Crippen molar-refractivity contribution in [3.8, 4) is 0 Å². The number of nitrogens with zero attached hydrogens (tertiary/aromatic N) is 2. The van der Waals surface area contributed by atoms with Gasteiger partial charge in [-0.1, -0.05) is 6.92 Å². The van der Waals surface area contributed by atoms with Crippen LogP contribution in [0.4, 0.5) is 5.82 Å². The molecule has 0 atom stereocenters. The van der Waals surface area contributed by atoms with E-state index >= 15 is 0 Å². The summed E-state index contributed by atoms with van der Waals surface area (Å²) in [5.74, 6) is 1.52. The Morgan fingerprint density at radius 2 is 2.00 bits per heavy atom. The normalized spacial score (nSPS) is 10.2. The Kier molecular flexibility index (Phi) is 3.68. The van der Waals surface area contributed by atoms with Gasteiger partial charge in [0, 0.05) is 25.6 Å². The molecule has 0 saturated carbocycles. The zero-order valence-corrected chi connectivity index (χ0v) is 9.00. The van der Waals surface area contributed by atoms with Gasteiger partial charge < -0.3 is 9.88 Å². The molecule has 4 heteroatoms. The van der Waals surface area contributed by atoms with Crippen LogP contribution in [0.15, 0.2) is 10.9 Å². The number of aromatic nitrogens is 2. The van der Waals surface area contributed by atoms with Gasteiger partial charge in [-0.2, -0.15) is 0 Å². The van der Waals surface area contributed by atoms with E-state index in [1.165, 1.54) is 0 Å². The van der Waals surface area contributed by atoms with Crippen molar-refractivity contribution in [3.63, 3.8) is 0 Å². The largest absolute Gasteiger partial charge is 0.357 e. The van der Waals surface area contributed by atoms with E-state index in [4.69, 9.17) is 0 Å². The van der Waals surface area contributed by atoms with Gasteiger partial charge in [0.2, 0.25) is 0 Å². The summed E-state index contributed by atoms with van der Waals surface area (Å²) in [6.45, 7) is 7.83. The molecule has 0 aliphatic carbocycles. The van der Waals surface area contributed by atoms with Crippen LogP contribution in [0, 0.1) is 0 Å². The van der Waals surface area contributed by atoms with E-state index in [0.29, 0.717) is 0 Å². The average molecular weight is 195 g/mol. The van der Waals surface area contributed by atoms with Gasteiger partial charge in [-0.3, -0.25) is 4.79 Å². The molecule has 0 saturated heterocycles. The molecule has 1 aromatic heterocycles. The standard InChI is InChI=1S/C10H17N3O/c1-4-8-11-9(7-10(14)12-8)13(5-2)6-3/h7H,4-6H2,1-3H3,(H,11,12,14). The highest BCUT2D eigenvalue weighted by atomic mass is 16.1. The molecule has 1 aromatic rings. The van der Waals surface area contributed by atoms with E-state index in [1.54, 1.807) is 6.07 Å². The van der Waals surface area contributed by atoms with E-state index in [1.807, 2.05) is 6.92 Å². The number of aryl methyl sites for hydroxylation is 1. The molecule has 1 N–H and O–H groups in total. The van der Waals surface area contributed by atoms with Gasteiger partial charge in [-0.15, -0.1) is 0 Å². The smallest absolute Gasteiger partial charge is 0.252 e. The highest BCUT2D eigenvalue weighted by molar-refractivity contribution is 5.36. The van der Waals surface area contributed by atoms with E-state index < -0.39 is 0 Å². The van der Waals surface area contributed by atoms with Gasteiger partial charge in [0.15, 0.2) is 0 Å². The summed E-state index contributed by atoms with van der Waals surface area (Å²) in [6, 6.07) is 1.55. The van der Waals surface area contributed by atoms with Gasteiger partial charge >= 0.3 is 0 Å². The molecule has 1 rings (SSSR count). The van der Waals surface area contributed by atoms with Crippen molar-refractivity contribution in [1.82, 2.24) is 9.97 Å². The number of rotatable bonds is 4. The fraction of sp³-hybridized carbons (Fsp3) is 0.600. The van der Waals surface area contributed by atoms with Crippen LogP contribution in [0.25, 0.3) is 0 Å². The molecular formula is C10H17N3O. The second-order valence-corrected chi connectivity index (χ2v) is 3.08. The fourth-order valence-corrected chi connectivity index (χ4v) is 1.37. The lowest BCUT2D eigenvalue weighted by Crippen LogP contribution is -2.25.